The van der Waals surface area contributed by atoms with Crippen LogP contribution in [0.4, 0.5) is 5.69 Å². The summed E-state index contributed by atoms with van der Waals surface area (Å²) >= 11 is 1.22. The van der Waals surface area contributed by atoms with Gasteiger partial charge in [0.1, 0.15) is 5.75 Å². The van der Waals surface area contributed by atoms with Crippen molar-refractivity contribution in [2.45, 2.75) is 65.2 Å². The number of hydrogen-bond acceptors (Lipinski definition) is 6. The number of rotatable bonds is 9. The van der Waals surface area contributed by atoms with Crippen LogP contribution in [0.2, 0.25) is 0 Å². The molecular weight excluding hydrogens is 422 g/mol. The fraction of sp³-hybridized carbons (Fsp3) is 0.400. The zero-order valence-corrected chi connectivity index (χ0v) is 20.4. The zero-order chi connectivity index (χ0) is 23.3. The first-order chi connectivity index (χ1) is 15.2. The van der Waals surface area contributed by atoms with Crippen molar-refractivity contribution >= 4 is 23.4 Å². The van der Waals surface area contributed by atoms with Gasteiger partial charge < -0.3 is 14.5 Å². The van der Waals surface area contributed by atoms with E-state index in [9.17, 15) is 4.79 Å². The molecule has 1 N–H and O–H groups in total. The van der Waals surface area contributed by atoms with Crippen molar-refractivity contribution in [1.29, 1.82) is 0 Å². The molecule has 0 radical (unpaired) electrons. The van der Waals surface area contributed by atoms with Crippen LogP contribution in [0.1, 0.15) is 67.7 Å². The van der Waals surface area contributed by atoms with E-state index in [0.717, 1.165) is 33.7 Å². The number of anilines is 1. The highest BCUT2D eigenvalue weighted by Crippen LogP contribution is 2.32. The molecule has 6 nitrogen and oxygen atoms in total. The molecule has 1 heterocycles. The van der Waals surface area contributed by atoms with Gasteiger partial charge in [-0.15, -0.1) is 10.2 Å². The lowest BCUT2D eigenvalue weighted by molar-refractivity contribution is -0.113. The van der Waals surface area contributed by atoms with E-state index in [1.807, 2.05) is 32.0 Å². The Morgan fingerprint density at radius 3 is 2.41 bits per heavy atom. The monoisotopic (exact) mass is 453 g/mol. The van der Waals surface area contributed by atoms with Gasteiger partial charge in [0.05, 0.1) is 5.75 Å². The Kier molecular flexibility index (Phi) is 7.96. The van der Waals surface area contributed by atoms with Gasteiger partial charge in [0.15, 0.2) is 6.61 Å². The van der Waals surface area contributed by atoms with Gasteiger partial charge in [-0.1, -0.05) is 69.8 Å². The van der Waals surface area contributed by atoms with Crippen molar-refractivity contribution in [1.82, 2.24) is 10.2 Å². The van der Waals surface area contributed by atoms with Crippen LogP contribution >= 0.6 is 11.8 Å². The van der Waals surface area contributed by atoms with E-state index < -0.39 is 0 Å². The first kappa shape index (κ1) is 23.9. The maximum absolute atomic E-state index is 12.7. The van der Waals surface area contributed by atoms with Crippen LogP contribution in [0.3, 0.4) is 0 Å². The summed E-state index contributed by atoms with van der Waals surface area (Å²) in [6.45, 7) is 12.7. The van der Waals surface area contributed by atoms with Gasteiger partial charge in [-0.2, -0.15) is 0 Å². The summed E-state index contributed by atoms with van der Waals surface area (Å²) in [6.07, 6.45) is 0. The Hall–Kier alpha value is -2.80. The quantitative estimate of drug-likeness (QED) is 0.386. The molecule has 0 aliphatic rings. The number of para-hydroxylation sites is 1. The van der Waals surface area contributed by atoms with E-state index in [-0.39, 0.29) is 18.3 Å². The van der Waals surface area contributed by atoms with Crippen molar-refractivity contribution < 1.29 is 13.9 Å². The number of thioether (sulfide) groups is 1. The van der Waals surface area contributed by atoms with E-state index in [4.69, 9.17) is 9.15 Å². The third-order valence-electron chi connectivity index (χ3n) is 5.11. The number of aryl methyl sites for hydroxylation is 2. The number of benzene rings is 2. The molecule has 0 saturated heterocycles. The highest BCUT2D eigenvalue weighted by Gasteiger charge is 2.17. The molecule has 32 heavy (non-hydrogen) atoms. The first-order valence-electron chi connectivity index (χ1n) is 10.8. The average Bonchev–Trinajstić information content (AvgIpc) is 3.20. The predicted octanol–water partition coefficient (Wildman–Crippen LogP) is 6.24. The smallest absolute Gasteiger partial charge is 0.277 e. The van der Waals surface area contributed by atoms with Crippen LogP contribution in [0.5, 0.6) is 5.75 Å². The molecule has 0 fully saturated rings. The fourth-order valence-corrected chi connectivity index (χ4v) is 3.94. The number of nitrogens with one attached hydrogen (secondary N) is 1. The summed E-state index contributed by atoms with van der Waals surface area (Å²) in [5.41, 5.74) is 5.36. The molecule has 1 aromatic heterocycles. The third kappa shape index (κ3) is 6.13. The second kappa shape index (κ2) is 10.7. The summed E-state index contributed by atoms with van der Waals surface area (Å²) in [5.74, 6) is 1.88. The zero-order valence-electron chi connectivity index (χ0n) is 19.6. The minimum absolute atomic E-state index is 0.101. The van der Waals surface area contributed by atoms with E-state index >= 15 is 0 Å². The molecule has 3 aromatic rings. The highest BCUT2D eigenvalue weighted by atomic mass is 32.2. The number of aromatic nitrogens is 2. The Morgan fingerprint density at radius 1 is 1.06 bits per heavy atom. The Labute approximate surface area is 194 Å². The highest BCUT2D eigenvalue weighted by molar-refractivity contribution is 7.99. The van der Waals surface area contributed by atoms with Crippen molar-refractivity contribution in [2.75, 3.05) is 11.1 Å². The molecule has 1 amide bonds. The molecule has 0 saturated carbocycles. The van der Waals surface area contributed by atoms with Crippen LogP contribution < -0.4 is 10.1 Å². The number of carbonyl (C=O) groups is 1. The molecule has 3 rings (SSSR count). The summed E-state index contributed by atoms with van der Waals surface area (Å²) in [7, 11) is 0. The fourth-order valence-electron chi connectivity index (χ4n) is 3.36. The summed E-state index contributed by atoms with van der Waals surface area (Å²) < 4.78 is 11.4. The normalized spacial score (nSPS) is 11.2. The Morgan fingerprint density at radius 2 is 1.75 bits per heavy atom. The average molecular weight is 454 g/mol. The molecule has 0 bridgehead atoms. The molecule has 0 aliphatic carbocycles. The van der Waals surface area contributed by atoms with E-state index in [2.05, 4.69) is 61.4 Å². The van der Waals surface area contributed by atoms with Crippen molar-refractivity contribution in [2.24, 2.45) is 0 Å². The van der Waals surface area contributed by atoms with Crippen molar-refractivity contribution in [3.63, 3.8) is 0 Å². The molecule has 7 heteroatoms. The van der Waals surface area contributed by atoms with E-state index in [1.54, 1.807) is 0 Å². The van der Waals surface area contributed by atoms with Gasteiger partial charge in [-0.25, -0.2) is 0 Å². The van der Waals surface area contributed by atoms with Crippen molar-refractivity contribution in [3.8, 4) is 5.75 Å². The lowest BCUT2D eigenvalue weighted by atomic mass is 9.92. The third-order valence-corrected chi connectivity index (χ3v) is 5.93. The van der Waals surface area contributed by atoms with Gasteiger partial charge in [0.25, 0.3) is 11.1 Å². The van der Waals surface area contributed by atoms with Crippen LogP contribution in [0.15, 0.2) is 46.0 Å². The molecule has 0 unspecified atom stereocenters. The predicted molar refractivity (Wildman–Crippen MR) is 129 cm³/mol. The number of amides is 1. The summed E-state index contributed by atoms with van der Waals surface area (Å²) in [6, 6.07) is 12.2. The van der Waals surface area contributed by atoms with E-state index in [1.165, 1.54) is 11.8 Å². The largest absolute Gasteiger partial charge is 0.484 e. The minimum atomic E-state index is -0.101. The molecule has 2 aromatic carbocycles. The summed E-state index contributed by atoms with van der Waals surface area (Å²) in [4.78, 5) is 12.7. The standard InChI is InChI=1S/C25H31N3O3S/c1-15(2)19-8-7-9-20(16(3)4)24(19)26-22(29)14-32-25-28-27-23(31-25)13-30-21-12-17(5)10-11-18(21)6/h7-12,15-16H,13-14H2,1-6H3,(H,26,29). The lowest BCUT2D eigenvalue weighted by Gasteiger charge is -2.20. The number of carbonyl (C=O) groups excluding carboxylic acids is 1. The maximum atomic E-state index is 12.7. The van der Waals surface area contributed by atoms with E-state index in [0.29, 0.717) is 22.9 Å². The van der Waals surface area contributed by atoms with Crippen LogP contribution in [0, 0.1) is 13.8 Å². The Bertz CT molecular complexity index is 1050. The van der Waals surface area contributed by atoms with Gasteiger partial charge in [0, 0.05) is 5.69 Å². The minimum Gasteiger partial charge on any atom is -0.484 e. The second-order valence-electron chi connectivity index (χ2n) is 8.48. The van der Waals surface area contributed by atoms with Gasteiger partial charge in [0.2, 0.25) is 5.91 Å². The molecular formula is C25H31N3O3S. The van der Waals surface area contributed by atoms with Crippen LogP contribution in [0.25, 0.3) is 0 Å². The Balaban J connectivity index is 1.58. The first-order valence-corrected chi connectivity index (χ1v) is 11.8. The van der Waals surface area contributed by atoms with Crippen molar-refractivity contribution in [3.05, 3.63) is 64.5 Å². The molecule has 0 atom stereocenters. The van der Waals surface area contributed by atoms with Gasteiger partial charge >= 0.3 is 0 Å². The number of nitrogens with zero attached hydrogens (tertiary/aromatic N) is 2. The molecule has 0 aliphatic heterocycles. The molecule has 0 spiro atoms. The number of hydrogen-bond donors (Lipinski definition) is 1. The van der Waals surface area contributed by atoms with Crippen LogP contribution in [-0.4, -0.2) is 21.9 Å². The molecule has 170 valence electrons. The van der Waals surface area contributed by atoms with Crippen LogP contribution in [-0.2, 0) is 11.4 Å². The SMILES string of the molecule is Cc1ccc(C)c(OCc2nnc(SCC(=O)Nc3c(C(C)C)cccc3C(C)C)o2)c1. The maximum Gasteiger partial charge on any atom is 0.277 e. The lowest BCUT2D eigenvalue weighted by Crippen LogP contribution is -2.17. The van der Waals surface area contributed by atoms with Gasteiger partial charge in [-0.3, -0.25) is 4.79 Å². The summed E-state index contributed by atoms with van der Waals surface area (Å²) in [5, 5.41) is 11.5. The topological polar surface area (TPSA) is 77.2 Å². The second-order valence-corrected chi connectivity index (χ2v) is 9.40. The van der Waals surface area contributed by atoms with Gasteiger partial charge in [-0.05, 0) is 54.0 Å². The number of ether oxygens (including phenoxy) is 1.